The maximum atomic E-state index is 6.29. The first-order valence-electron chi connectivity index (χ1n) is 13.9. The summed E-state index contributed by atoms with van der Waals surface area (Å²) in [7, 11) is 0. The Hall–Kier alpha value is -3.66. The van der Waals surface area contributed by atoms with Crippen LogP contribution in [-0.2, 0) is 9.47 Å². The standard InChI is InChI=1S/C34H36N2O2/c1-21(2)17-25-19-37-33(35-25)29-15-13-23-9-5-7-11-27(23)31(29)32-28-12-8-6-10-24(28)14-16-30(32)34-36-26(20-38-34)18-22(3)4/h5-16,21-22,25-26H,17-20H2,1-4H3/t25-,26-/m0/s1. The van der Waals surface area contributed by atoms with Crippen LogP contribution in [0.1, 0.15) is 51.7 Å². The van der Waals surface area contributed by atoms with Gasteiger partial charge in [0.2, 0.25) is 11.8 Å². The summed E-state index contributed by atoms with van der Waals surface area (Å²) in [6.07, 6.45) is 2.04. The second-order valence-corrected chi connectivity index (χ2v) is 11.5. The van der Waals surface area contributed by atoms with Crippen LogP contribution in [0.3, 0.4) is 0 Å². The molecule has 2 heterocycles. The van der Waals surface area contributed by atoms with E-state index in [4.69, 9.17) is 19.5 Å². The Morgan fingerprint density at radius 2 is 1.03 bits per heavy atom. The van der Waals surface area contributed by atoms with Gasteiger partial charge in [0, 0.05) is 22.3 Å². The zero-order valence-corrected chi connectivity index (χ0v) is 22.8. The lowest BCUT2D eigenvalue weighted by Crippen LogP contribution is -2.10. The van der Waals surface area contributed by atoms with E-state index in [1.54, 1.807) is 0 Å². The van der Waals surface area contributed by atoms with Crippen LogP contribution >= 0.6 is 0 Å². The third kappa shape index (κ3) is 4.69. The number of aliphatic imine (C=N–C) groups is 2. The second kappa shape index (κ2) is 10.2. The average Bonchev–Trinajstić information content (AvgIpc) is 3.56. The van der Waals surface area contributed by atoms with Gasteiger partial charge in [0.05, 0.1) is 12.1 Å². The Morgan fingerprint density at radius 3 is 1.45 bits per heavy atom. The van der Waals surface area contributed by atoms with Gasteiger partial charge in [-0.25, -0.2) is 9.98 Å². The summed E-state index contributed by atoms with van der Waals surface area (Å²) in [6.45, 7) is 10.2. The van der Waals surface area contributed by atoms with Crippen molar-refractivity contribution in [1.29, 1.82) is 0 Å². The smallest absolute Gasteiger partial charge is 0.217 e. The summed E-state index contributed by atoms with van der Waals surface area (Å²) in [5.41, 5.74) is 4.34. The highest BCUT2D eigenvalue weighted by Crippen LogP contribution is 2.41. The van der Waals surface area contributed by atoms with Gasteiger partial charge in [0.15, 0.2) is 0 Å². The minimum atomic E-state index is 0.190. The van der Waals surface area contributed by atoms with Gasteiger partial charge in [-0.3, -0.25) is 0 Å². The Kier molecular flexibility index (Phi) is 6.65. The molecular formula is C34H36N2O2. The van der Waals surface area contributed by atoms with Crippen molar-refractivity contribution in [2.45, 2.75) is 52.6 Å². The largest absolute Gasteiger partial charge is 0.475 e. The summed E-state index contributed by atoms with van der Waals surface area (Å²) >= 11 is 0. The zero-order chi connectivity index (χ0) is 26.2. The Labute approximate surface area is 225 Å². The van der Waals surface area contributed by atoms with E-state index in [1.165, 1.54) is 21.5 Å². The highest BCUT2D eigenvalue weighted by Gasteiger charge is 2.29. The third-order valence-electron chi connectivity index (χ3n) is 7.48. The molecule has 2 atom stereocenters. The molecule has 6 rings (SSSR count). The quantitative estimate of drug-likeness (QED) is 0.256. The molecule has 0 saturated carbocycles. The Bertz CT molecular complexity index is 1430. The monoisotopic (exact) mass is 504 g/mol. The molecule has 2 aliphatic heterocycles. The molecule has 4 nitrogen and oxygen atoms in total. The van der Waals surface area contributed by atoms with Gasteiger partial charge in [0.1, 0.15) is 13.2 Å². The van der Waals surface area contributed by atoms with Gasteiger partial charge < -0.3 is 9.47 Å². The molecule has 4 heteroatoms. The van der Waals surface area contributed by atoms with Crippen molar-refractivity contribution in [2.24, 2.45) is 21.8 Å². The molecule has 0 bridgehead atoms. The predicted molar refractivity (Wildman–Crippen MR) is 158 cm³/mol. The molecule has 38 heavy (non-hydrogen) atoms. The van der Waals surface area contributed by atoms with Crippen LogP contribution < -0.4 is 0 Å². The number of nitrogens with zero attached hydrogens (tertiary/aromatic N) is 2. The second-order valence-electron chi connectivity index (χ2n) is 11.5. The van der Waals surface area contributed by atoms with E-state index in [9.17, 15) is 0 Å². The summed E-state index contributed by atoms with van der Waals surface area (Å²) in [5.74, 6) is 2.62. The molecule has 0 aromatic heterocycles. The van der Waals surface area contributed by atoms with E-state index in [2.05, 4.69) is 100 Å². The fourth-order valence-corrected chi connectivity index (χ4v) is 5.89. The highest BCUT2D eigenvalue weighted by molar-refractivity contribution is 6.19. The number of ether oxygens (including phenoxy) is 2. The van der Waals surface area contributed by atoms with E-state index in [0.29, 0.717) is 25.0 Å². The van der Waals surface area contributed by atoms with E-state index in [-0.39, 0.29) is 12.1 Å². The van der Waals surface area contributed by atoms with Crippen molar-refractivity contribution < 1.29 is 9.47 Å². The van der Waals surface area contributed by atoms with Gasteiger partial charge in [-0.15, -0.1) is 0 Å². The molecule has 0 unspecified atom stereocenters. The lowest BCUT2D eigenvalue weighted by atomic mass is 9.87. The first-order chi connectivity index (χ1) is 18.5. The molecule has 0 amide bonds. The zero-order valence-electron chi connectivity index (χ0n) is 22.8. The number of hydrogen-bond donors (Lipinski definition) is 0. The maximum Gasteiger partial charge on any atom is 0.217 e. The lowest BCUT2D eigenvalue weighted by Gasteiger charge is -2.19. The van der Waals surface area contributed by atoms with Gasteiger partial charge in [-0.05, 0) is 58.4 Å². The van der Waals surface area contributed by atoms with Gasteiger partial charge in [-0.1, -0.05) is 88.4 Å². The first-order valence-corrected chi connectivity index (χ1v) is 13.9. The molecule has 0 radical (unpaired) electrons. The van der Waals surface area contributed by atoms with Crippen LogP contribution in [0.5, 0.6) is 0 Å². The van der Waals surface area contributed by atoms with Crippen LogP contribution in [0.2, 0.25) is 0 Å². The van der Waals surface area contributed by atoms with Crippen LogP contribution in [0.15, 0.2) is 82.8 Å². The molecule has 0 fully saturated rings. The molecule has 0 saturated heterocycles. The van der Waals surface area contributed by atoms with Crippen molar-refractivity contribution in [3.8, 4) is 11.1 Å². The van der Waals surface area contributed by atoms with Crippen LogP contribution in [0.4, 0.5) is 0 Å². The molecule has 4 aromatic carbocycles. The molecule has 2 aliphatic rings. The van der Waals surface area contributed by atoms with Gasteiger partial charge >= 0.3 is 0 Å². The van der Waals surface area contributed by atoms with E-state index < -0.39 is 0 Å². The molecule has 194 valence electrons. The van der Waals surface area contributed by atoms with Crippen molar-refractivity contribution in [3.63, 3.8) is 0 Å². The van der Waals surface area contributed by atoms with Crippen molar-refractivity contribution in [1.82, 2.24) is 0 Å². The third-order valence-corrected chi connectivity index (χ3v) is 7.48. The fourth-order valence-electron chi connectivity index (χ4n) is 5.89. The number of benzene rings is 4. The predicted octanol–water partition coefficient (Wildman–Crippen LogP) is 8.04. The van der Waals surface area contributed by atoms with E-state index in [0.717, 1.165) is 46.9 Å². The normalized spacial score (nSPS) is 19.2. The summed E-state index contributed by atoms with van der Waals surface area (Å²) < 4.78 is 12.6. The lowest BCUT2D eigenvalue weighted by molar-refractivity contribution is 0.301. The summed E-state index contributed by atoms with van der Waals surface area (Å²) in [4.78, 5) is 10.2. The molecule has 0 aliphatic carbocycles. The Balaban J connectivity index is 1.61. The van der Waals surface area contributed by atoms with Crippen molar-refractivity contribution >= 4 is 33.3 Å². The topological polar surface area (TPSA) is 43.2 Å². The fraction of sp³-hybridized carbons (Fsp3) is 0.353. The van der Waals surface area contributed by atoms with Gasteiger partial charge in [-0.2, -0.15) is 0 Å². The number of hydrogen-bond acceptors (Lipinski definition) is 4. The van der Waals surface area contributed by atoms with E-state index in [1.807, 2.05) is 0 Å². The minimum Gasteiger partial charge on any atom is -0.475 e. The van der Waals surface area contributed by atoms with Crippen molar-refractivity contribution in [2.75, 3.05) is 13.2 Å². The highest BCUT2D eigenvalue weighted by atomic mass is 16.5. The molecule has 4 aromatic rings. The average molecular weight is 505 g/mol. The number of rotatable bonds is 7. The SMILES string of the molecule is CC(C)C[C@H]1COC(c2ccc3ccccc3c2-c2c(C3=N[C@@H](CC(C)C)CO3)ccc3ccccc23)=N1. The summed E-state index contributed by atoms with van der Waals surface area (Å²) in [5, 5.41) is 4.74. The first kappa shape index (κ1) is 24.7. The van der Waals surface area contributed by atoms with Crippen LogP contribution in [0.25, 0.3) is 32.7 Å². The van der Waals surface area contributed by atoms with Gasteiger partial charge in [0.25, 0.3) is 0 Å². The van der Waals surface area contributed by atoms with Crippen LogP contribution in [-0.4, -0.2) is 37.1 Å². The minimum absolute atomic E-state index is 0.190. The maximum absolute atomic E-state index is 6.29. The van der Waals surface area contributed by atoms with E-state index >= 15 is 0 Å². The van der Waals surface area contributed by atoms with Crippen LogP contribution in [0, 0.1) is 11.8 Å². The molecule has 0 spiro atoms. The molecular weight excluding hydrogens is 468 g/mol. The summed E-state index contributed by atoms with van der Waals surface area (Å²) in [6, 6.07) is 26.3. The van der Waals surface area contributed by atoms with Crippen molar-refractivity contribution in [3.05, 3.63) is 83.9 Å². The molecule has 0 N–H and O–H groups in total. The Morgan fingerprint density at radius 1 is 0.605 bits per heavy atom. The number of fused-ring (bicyclic) bond motifs is 2.